The molecule has 0 heterocycles. The predicted octanol–water partition coefficient (Wildman–Crippen LogP) is 3.53. The van der Waals surface area contributed by atoms with Crippen LogP contribution in [0, 0.1) is 0 Å². The lowest BCUT2D eigenvalue weighted by molar-refractivity contribution is 0.193. The summed E-state index contributed by atoms with van der Waals surface area (Å²) in [5, 5.41) is 3.54. The number of hydrogen-bond acceptors (Lipinski definition) is 2. The molecular formula is C13H20BrNO. The molecule has 0 aliphatic rings. The van der Waals surface area contributed by atoms with E-state index in [4.69, 9.17) is 4.74 Å². The zero-order valence-electron chi connectivity index (χ0n) is 10.0. The summed E-state index contributed by atoms with van der Waals surface area (Å²) in [6.45, 7) is 4.03. The van der Waals surface area contributed by atoms with Crippen molar-refractivity contribution in [3.8, 4) is 0 Å². The molecule has 0 fully saturated rings. The van der Waals surface area contributed by atoms with Crippen LogP contribution in [-0.2, 0) is 4.74 Å². The monoisotopic (exact) mass is 285 g/mol. The molecule has 1 N–H and O–H groups in total. The van der Waals surface area contributed by atoms with Crippen LogP contribution in [-0.4, -0.2) is 20.3 Å². The molecule has 3 heteroatoms. The highest BCUT2D eigenvalue weighted by atomic mass is 79.9. The van der Waals surface area contributed by atoms with E-state index < -0.39 is 0 Å². The minimum atomic E-state index is 0.449. The highest BCUT2D eigenvalue weighted by molar-refractivity contribution is 9.10. The van der Waals surface area contributed by atoms with Crippen LogP contribution in [0.3, 0.4) is 0 Å². The molecule has 1 unspecified atom stereocenters. The van der Waals surface area contributed by atoms with E-state index in [1.807, 2.05) is 0 Å². The van der Waals surface area contributed by atoms with Gasteiger partial charge in [0, 0.05) is 24.2 Å². The Bertz CT molecular complexity index is 286. The number of methoxy groups -OCH3 is 1. The second-order valence-corrected chi connectivity index (χ2v) is 4.73. The Morgan fingerprint density at radius 3 is 2.56 bits per heavy atom. The van der Waals surface area contributed by atoms with E-state index in [1.54, 1.807) is 7.11 Å². The average molecular weight is 286 g/mol. The summed E-state index contributed by atoms with van der Waals surface area (Å²) in [6.07, 6.45) is 2.16. The van der Waals surface area contributed by atoms with Crippen LogP contribution in [0.1, 0.15) is 31.4 Å². The fourth-order valence-corrected chi connectivity index (χ4v) is 1.95. The van der Waals surface area contributed by atoms with Crippen LogP contribution in [0.15, 0.2) is 28.7 Å². The smallest absolute Gasteiger partial charge is 0.0474 e. The number of rotatable bonds is 7. The van der Waals surface area contributed by atoms with E-state index in [-0.39, 0.29) is 0 Å². The Balaban J connectivity index is 2.44. The molecule has 0 saturated carbocycles. The van der Waals surface area contributed by atoms with Gasteiger partial charge in [0.25, 0.3) is 0 Å². The van der Waals surface area contributed by atoms with E-state index in [2.05, 4.69) is 52.4 Å². The van der Waals surface area contributed by atoms with Crippen LogP contribution < -0.4 is 5.32 Å². The molecule has 0 aromatic heterocycles. The summed E-state index contributed by atoms with van der Waals surface area (Å²) in [7, 11) is 1.74. The van der Waals surface area contributed by atoms with Crippen molar-refractivity contribution >= 4 is 15.9 Å². The van der Waals surface area contributed by atoms with E-state index in [0.717, 1.165) is 30.5 Å². The van der Waals surface area contributed by atoms with Crippen molar-refractivity contribution < 1.29 is 4.74 Å². The van der Waals surface area contributed by atoms with E-state index in [1.165, 1.54) is 5.56 Å². The molecule has 0 radical (unpaired) electrons. The molecule has 1 rings (SSSR count). The summed E-state index contributed by atoms with van der Waals surface area (Å²) in [4.78, 5) is 0. The fraction of sp³-hybridized carbons (Fsp3) is 0.538. The predicted molar refractivity (Wildman–Crippen MR) is 71.7 cm³/mol. The Morgan fingerprint density at radius 2 is 2.00 bits per heavy atom. The molecule has 2 nitrogen and oxygen atoms in total. The molecule has 0 amide bonds. The summed E-state index contributed by atoms with van der Waals surface area (Å²) >= 11 is 3.45. The van der Waals surface area contributed by atoms with E-state index >= 15 is 0 Å². The molecule has 90 valence electrons. The third kappa shape index (κ3) is 4.64. The Hall–Kier alpha value is -0.380. The average Bonchev–Trinajstić information content (AvgIpc) is 2.31. The normalized spacial score (nSPS) is 12.7. The second-order valence-electron chi connectivity index (χ2n) is 3.81. The maximum absolute atomic E-state index is 5.03. The van der Waals surface area contributed by atoms with Gasteiger partial charge in [0.1, 0.15) is 0 Å². The first-order valence-electron chi connectivity index (χ1n) is 5.75. The van der Waals surface area contributed by atoms with Crippen molar-refractivity contribution in [3.05, 3.63) is 34.3 Å². The maximum Gasteiger partial charge on any atom is 0.0474 e. The van der Waals surface area contributed by atoms with Gasteiger partial charge in [0.05, 0.1) is 0 Å². The quantitative estimate of drug-likeness (QED) is 0.774. The highest BCUT2D eigenvalue weighted by Gasteiger charge is 2.07. The van der Waals surface area contributed by atoms with E-state index in [9.17, 15) is 0 Å². The van der Waals surface area contributed by atoms with Gasteiger partial charge in [-0.25, -0.2) is 0 Å². The molecule has 0 aliphatic heterocycles. The van der Waals surface area contributed by atoms with Gasteiger partial charge in [-0.1, -0.05) is 35.0 Å². The van der Waals surface area contributed by atoms with Gasteiger partial charge in [-0.3, -0.25) is 0 Å². The van der Waals surface area contributed by atoms with Crippen LogP contribution >= 0.6 is 15.9 Å². The van der Waals surface area contributed by atoms with Gasteiger partial charge in [-0.15, -0.1) is 0 Å². The van der Waals surface area contributed by atoms with E-state index in [0.29, 0.717) is 6.04 Å². The topological polar surface area (TPSA) is 21.3 Å². The van der Waals surface area contributed by atoms with Gasteiger partial charge < -0.3 is 10.1 Å². The molecule has 1 aromatic carbocycles. The Labute approximate surface area is 107 Å². The lowest BCUT2D eigenvalue weighted by Crippen LogP contribution is -2.22. The Kier molecular flexibility index (Phi) is 6.69. The molecule has 0 saturated heterocycles. The number of halogens is 1. The highest BCUT2D eigenvalue weighted by Crippen LogP contribution is 2.19. The van der Waals surface area contributed by atoms with Crippen LogP contribution in [0.4, 0.5) is 0 Å². The van der Waals surface area contributed by atoms with Gasteiger partial charge in [0.15, 0.2) is 0 Å². The third-order valence-electron chi connectivity index (χ3n) is 2.60. The standard InChI is InChI=1S/C13H20BrNO/c1-3-13(15-9-4-10-16-2)11-5-7-12(14)8-6-11/h5-8,13,15H,3-4,9-10H2,1-2H3. The first-order chi connectivity index (χ1) is 7.77. The first-order valence-corrected chi connectivity index (χ1v) is 6.55. The van der Waals surface area contributed by atoms with Gasteiger partial charge in [0.2, 0.25) is 0 Å². The summed E-state index contributed by atoms with van der Waals surface area (Å²) in [6, 6.07) is 8.97. The lowest BCUT2D eigenvalue weighted by atomic mass is 10.0. The number of benzene rings is 1. The maximum atomic E-state index is 5.03. The Morgan fingerprint density at radius 1 is 1.31 bits per heavy atom. The molecule has 1 atom stereocenters. The minimum absolute atomic E-state index is 0.449. The minimum Gasteiger partial charge on any atom is -0.385 e. The second kappa shape index (κ2) is 7.82. The zero-order valence-corrected chi connectivity index (χ0v) is 11.6. The van der Waals surface area contributed by atoms with Crippen molar-refractivity contribution in [2.24, 2.45) is 0 Å². The first kappa shape index (κ1) is 13.7. The number of ether oxygens (including phenoxy) is 1. The molecule has 0 aliphatic carbocycles. The van der Waals surface area contributed by atoms with Gasteiger partial charge in [-0.05, 0) is 37.1 Å². The summed E-state index contributed by atoms with van der Waals surface area (Å²) < 4.78 is 6.16. The van der Waals surface area contributed by atoms with Crippen LogP contribution in [0.5, 0.6) is 0 Å². The van der Waals surface area contributed by atoms with Crippen molar-refractivity contribution in [1.82, 2.24) is 5.32 Å². The summed E-state index contributed by atoms with van der Waals surface area (Å²) in [5.74, 6) is 0. The SMILES string of the molecule is CCC(NCCCOC)c1ccc(Br)cc1. The molecular weight excluding hydrogens is 266 g/mol. The molecule has 0 bridgehead atoms. The molecule has 1 aromatic rings. The fourth-order valence-electron chi connectivity index (χ4n) is 1.69. The van der Waals surface area contributed by atoms with Gasteiger partial charge in [-0.2, -0.15) is 0 Å². The van der Waals surface area contributed by atoms with Gasteiger partial charge >= 0.3 is 0 Å². The van der Waals surface area contributed by atoms with Crippen molar-refractivity contribution in [2.75, 3.05) is 20.3 Å². The van der Waals surface area contributed by atoms with Crippen molar-refractivity contribution in [2.45, 2.75) is 25.8 Å². The lowest BCUT2D eigenvalue weighted by Gasteiger charge is -2.17. The molecule has 16 heavy (non-hydrogen) atoms. The largest absolute Gasteiger partial charge is 0.385 e. The number of nitrogens with one attached hydrogen (secondary N) is 1. The van der Waals surface area contributed by atoms with Crippen LogP contribution in [0.25, 0.3) is 0 Å². The molecule has 0 spiro atoms. The summed E-state index contributed by atoms with van der Waals surface area (Å²) in [5.41, 5.74) is 1.35. The van der Waals surface area contributed by atoms with Crippen molar-refractivity contribution in [1.29, 1.82) is 0 Å². The van der Waals surface area contributed by atoms with Crippen molar-refractivity contribution in [3.63, 3.8) is 0 Å². The third-order valence-corrected chi connectivity index (χ3v) is 3.13. The zero-order chi connectivity index (χ0) is 11.8. The van der Waals surface area contributed by atoms with Crippen LogP contribution in [0.2, 0.25) is 0 Å². The number of hydrogen-bond donors (Lipinski definition) is 1.